The molecule has 0 aliphatic carbocycles. The van der Waals surface area contributed by atoms with Crippen molar-refractivity contribution in [3.63, 3.8) is 0 Å². The highest BCUT2D eigenvalue weighted by atomic mass is 16.6. The average molecular weight is 328 g/mol. The molecule has 0 amide bonds. The lowest BCUT2D eigenvalue weighted by atomic mass is 9.70. The van der Waals surface area contributed by atoms with Crippen LogP contribution in [0.5, 0.6) is 0 Å². The Bertz CT molecular complexity index is 368. The zero-order valence-corrected chi connectivity index (χ0v) is 16.3. The predicted octanol–water partition coefficient (Wildman–Crippen LogP) is 4.54. The largest absolute Gasteiger partial charge is 0.453 e. The number of carbonyl (C=O) groups is 2. The molecule has 4 heteroatoms. The van der Waals surface area contributed by atoms with Crippen LogP contribution in [0.25, 0.3) is 0 Å². The number of ether oxygens (including phenoxy) is 2. The van der Waals surface area contributed by atoms with Gasteiger partial charge in [-0.15, -0.1) is 0 Å². The van der Waals surface area contributed by atoms with Crippen LogP contribution in [0.1, 0.15) is 81.1 Å². The van der Waals surface area contributed by atoms with Crippen LogP contribution in [0.4, 0.5) is 0 Å². The third-order valence-corrected chi connectivity index (χ3v) is 4.40. The summed E-state index contributed by atoms with van der Waals surface area (Å²) in [5, 5.41) is 0. The Kier molecular flexibility index (Phi) is 9.67. The molecule has 4 nitrogen and oxygen atoms in total. The smallest absolute Gasteiger partial charge is 0.335 e. The Labute approximate surface area is 142 Å². The molecule has 0 bridgehead atoms. The van der Waals surface area contributed by atoms with Gasteiger partial charge in [-0.2, -0.15) is 0 Å². The fraction of sp³-hybridized carbons (Fsp3) is 0.895. The van der Waals surface area contributed by atoms with Crippen LogP contribution >= 0.6 is 0 Å². The maximum Gasteiger partial charge on any atom is 0.335 e. The first kappa shape index (κ1) is 22.1. The van der Waals surface area contributed by atoms with E-state index < -0.39 is 23.6 Å². The van der Waals surface area contributed by atoms with Gasteiger partial charge in [0, 0.05) is 5.41 Å². The van der Waals surface area contributed by atoms with Crippen molar-refractivity contribution in [1.82, 2.24) is 0 Å². The van der Waals surface area contributed by atoms with Gasteiger partial charge in [0.25, 0.3) is 0 Å². The molecule has 0 saturated heterocycles. The van der Waals surface area contributed by atoms with Crippen LogP contribution in [0, 0.1) is 11.3 Å². The molecule has 0 rings (SSSR count). The van der Waals surface area contributed by atoms with E-state index in [0.29, 0.717) is 5.92 Å². The van der Waals surface area contributed by atoms with Gasteiger partial charge in [-0.05, 0) is 46.5 Å². The molecular formula is C19H36O4. The lowest BCUT2D eigenvalue weighted by molar-refractivity contribution is -0.169. The summed E-state index contributed by atoms with van der Waals surface area (Å²) in [6.45, 7) is 15.3. The maximum atomic E-state index is 12.8. The number of ketones is 1. The first-order chi connectivity index (χ1) is 10.6. The van der Waals surface area contributed by atoms with E-state index in [1.54, 1.807) is 13.8 Å². The normalized spacial score (nSPS) is 14.9. The Hall–Kier alpha value is -0.900. The molecule has 0 heterocycles. The predicted molar refractivity (Wildman–Crippen MR) is 93.3 cm³/mol. The molecule has 0 aromatic carbocycles. The SMILES string of the molecule is CCCC(CCC)C(C)(C)C(=O)C(C)OC(=O)C(C)OC(C)C. The summed E-state index contributed by atoms with van der Waals surface area (Å²) in [7, 11) is 0. The van der Waals surface area contributed by atoms with Crippen molar-refractivity contribution in [2.45, 2.75) is 99.4 Å². The van der Waals surface area contributed by atoms with E-state index >= 15 is 0 Å². The minimum atomic E-state index is -0.744. The average Bonchev–Trinajstić information content (AvgIpc) is 2.45. The Balaban J connectivity index is 4.87. The van der Waals surface area contributed by atoms with Crippen LogP contribution in [-0.4, -0.2) is 30.1 Å². The summed E-state index contributed by atoms with van der Waals surface area (Å²) in [5.74, 6) is -0.164. The van der Waals surface area contributed by atoms with Crippen molar-refractivity contribution in [2.75, 3.05) is 0 Å². The minimum Gasteiger partial charge on any atom is -0.453 e. The zero-order valence-electron chi connectivity index (χ0n) is 16.3. The molecule has 23 heavy (non-hydrogen) atoms. The van der Waals surface area contributed by atoms with E-state index in [1.807, 2.05) is 27.7 Å². The van der Waals surface area contributed by atoms with E-state index in [1.165, 1.54) is 0 Å². The highest BCUT2D eigenvalue weighted by molar-refractivity contribution is 5.90. The van der Waals surface area contributed by atoms with Gasteiger partial charge >= 0.3 is 5.97 Å². The number of carbonyl (C=O) groups excluding carboxylic acids is 2. The molecule has 0 aliphatic heterocycles. The molecule has 0 fully saturated rings. The van der Waals surface area contributed by atoms with E-state index in [4.69, 9.17) is 9.47 Å². The molecule has 136 valence electrons. The third-order valence-electron chi connectivity index (χ3n) is 4.40. The summed E-state index contributed by atoms with van der Waals surface area (Å²) in [6, 6.07) is 0. The first-order valence-corrected chi connectivity index (χ1v) is 8.98. The summed E-state index contributed by atoms with van der Waals surface area (Å²) < 4.78 is 10.8. The van der Waals surface area contributed by atoms with Gasteiger partial charge in [0.2, 0.25) is 0 Å². The van der Waals surface area contributed by atoms with Crippen molar-refractivity contribution in [1.29, 1.82) is 0 Å². The molecule has 2 unspecified atom stereocenters. The highest BCUT2D eigenvalue weighted by Gasteiger charge is 2.39. The van der Waals surface area contributed by atoms with Crippen molar-refractivity contribution >= 4 is 11.8 Å². The van der Waals surface area contributed by atoms with Crippen molar-refractivity contribution in [2.24, 2.45) is 11.3 Å². The van der Waals surface area contributed by atoms with Crippen molar-refractivity contribution in [3.8, 4) is 0 Å². The standard InChI is InChI=1S/C19H36O4/c1-9-11-16(12-10-2)19(7,8)17(20)14(5)23-18(21)15(6)22-13(3)4/h13-16H,9-12H2,1-8H3. The molecule has 0 spiro atoms. The van der Waals surface area contributed by atoms with E-state index in [0.717, 1.165) is 25.7 Å². The molecule has 0 aromatic rings. The number of hydrogen-bond donors (Lipinski definition) is 0. The zero-order chi connectivity index (χ0) is 18.2. The van der Waals surface area contributed by atoms with E-state index in [9.17, 15) is 9.59 Å². The van der Waals surface area contributed by atoms with Gasteiger partial charge in [-0.25, -0.2) is 4.79 Å². The summed E-state index contributed by atoms with van der Waals surface area (Å²) in [5.41, 5.74) is -0.492. The van der Waals surface area contributed by atoms with E-state index in [2.05, 4.69) is 13.8 Å². The molecule has 0 radical (unpaired) electrons. The monoisotopic (exact) mass is 328 g/mol. The van der Waals surface area contributed by atoms with E-state index in [-0.39, 0.29) is 11.9 Å². The Morgan fingerprint density at radius 2 is 1.39 bits per heavy atom. The molecule has 0 aromatic heterocycles. The van der Waals surface area contributed by atoms with Crippen LogP contribution in [0.15, 0.2) is 0 Å². The lowest BCUT2D eigenvalue weighted by Crippen LogP contribution is -2.42. The maximum absolute atomic E-state index is 12.8. The van der Waals surface area contributed by atoms with Crippen LogP contribution < -0.4 is 0 Å². The number of rotatable bonds is 11. The molecule has 2 atom stereocenters. The fourth-order valence-corrected chi connectivity index (χ4v) is 3.08. The third kappa shape index (κ3) is 7.03. The first-order valence-electron chi connectivity index (χ1n) is 8.98. The van der Waals surface area contributed by atoms with Crippen molar-refractivity contribution in [3.05, 3.63) is 0 Å². The highest BCUT2D eigenvalue weighted by Crippen LogP contribution is 2.36. The topological polar surface area (TPSA) is 52.6 Å². The quantitative estimate of drug-likeness (QED) is 0.522. The van der Waals surface area contributed by atoms with Crippen LogP contribution in [-0.2, 0) is 19.1 Å². The Morgan fingerprint density at radius 3 is 1.78 bits per heavy atom. The van der Waals surface area contributed by atoms with Gasteiger partial charge in [-0.1, -0.05) is 40.5 Å². The Morgan fingerprint density at radius 1 is 0.913 bits per heavy atom. The molecule has 0 saturated carbocycles. The summed E-state index contributed by atoms with van der Waals surface area (Å²) >= 11 is 0. The number of Topliss-reactive ketones (excluding diaryl/α,β-unsaturated/α-hetero) is 1. The second-order valence-electron chi connectivity index (χ2n) is 7.27. The number of hydrogen-bond acceptors (Lipinski definition) is 4. The van der Waals surface area contributed by atoms with Gasteiger partial charge in [0.05, 0.1) is 6.10 Å². The number of esters is 1. The second-order valence-corrected chi connectivity index (χ2v) is 7.27. The van der Waals surface area contributed by atoms with Crippen LogP contribution in [0.3, 0.4) is 0 Å². The summed E-state index contributed by atoms with van der Waals surface area (Å²) in [6.07, 6.45) is 2.67. The molecule has 0 N–H and O–H groups in total. The molecular weight excluding hydrogens is 292 g/mol. The van der Waals surface area contributed by atoms with Gasteiger partial charge in [0.1, 0.15) is 0 Å². The lowest BCUT2D eigenvalue weighted by Gasteiger charge is -2.35. The summed E-state index contributed by atoms with van der Waals surface area (Å²) in [4.78, 5) is 24.9. The van der Waals surface area contributed by atoms with Crippen molar-refractivity contribution < 1.29 is 19.1 Å². The molecule has 0 aliphatic rings. The van der Waals surface area contributed by atoms with Gasteiger partial charge in [-0.3, -0.25) is 4.79 Å². The second kappa shape index (κ2) is 10.1. The van der Waals surface area contributed by atoms with Crippen LogP contribution in [0.2, 0.25) is 0 Å². The fourth-order valence-electron chi connectivity index (χ4n) is 3.08. The van der Waals surface area contributed by atoms with Gasteiger partial charge < -0.3 is 9.47 Å². The minimum absolute atomic E-state index is 0.00510. The van der Waals surface area contributed by atoms with Gasteiger partial charge in [0.15, 0.2) is 18.0 Å².